The lowest BCUT2D eigenvalue weighted by atomic mass is 10.2. The first kappa shape index (κ1) is 14.3. The summed E-state index contributed by atoms with van der Waals surface area (Å²) in [5, 5.41) is 9.81. The highest BCUT2D eigenvalue weighted by Gasteiger charge is 2.12. The monoisotopic (exact) mass is 358 g/mol. The maximum atomic E-state index is 9.81. The van der Waals surface area contributed by atoms with E-state index in [1.165, 1.54) is 6.21 Å². The number of oxazole rings is 1. The quantitative estimate of drug-likeness (QED) is 0.697. The molecular formula is C15H11BrN4O2. The first-order chi connectivity index (χ1) is 10.6. The van der Waals surface area contributed by atoms with Crippen molar-refractivity contribution < 1.29 is 9.52 Å². The summed E-state index contributed by atoms with van der Waals surface area (Å²) < 4.78 is 6.19. The molecule has 2 heterocycles. The first-order valence-electron chi connectivity index (χ1n) is 6.34. The number of hydrogen-bond donors (Lipinski definition) is 2. The van der Waals surface area contributed by atoms with Crippen LogP contribution in [0.5, 0.6) is 5.95 Å². The normalized spacial score (nSPS) is 11.1. The predicted octanol–water partition coefficient (Wildman–Crippen LogP) is 3.54. The fraction of sp³-hybridized carbons (Fsp3) is 0. The van der Waals surface area contributed by atoms with E-state index in [0.29, 0.717) is 17.5 Å². The van der Waals surface area contributed by atoms with Crippen molar-refractivity contribution in [2.75, 3.05) is 5.73 Å². The van der Waals surface area contributed by atoms with Gasteiger partial charge in [0.05, 0.1) is 6.21 Å². The van der Waals surface area contributed by atoms with E-state index in [9.17, 15) is 5.11 Å². The van der Waals surface area contributed by atoms with E-state index in [4.69, 9.17) is 10.2 Å². The number of halogens is 1. The Labute approximate surface area is 134 Å². The highest BCUT2D eigenvalue weighted by atomic mass is 79.9. The summed E-state index contributed by atoms with van der Waals surface area (Å²) in [7, 11) is 0. The third-order valence-corrected chi connectivity index (χ3v) is 3.33. The van der Waals surface area contributed by atoms with Crippen molar-refractivity contribution >= 4 is 33.8 Å². The van der Waals surface area contributed by atoms with E-state index >= 15 is 0 Å². The summed E-state index contributed by atoms with van der Waals surface area (Å²) in [6, 6.07) is 12.5. The summed E-state index contributed by atoms with van der Waals surface area (Å²) in [5.41, 5.74) is 6.55. The average molecular weight is 359 g/mol. The van der Waals surface area contributed by atoms with Crippen LogP contribution in [0.2, 0.25) is 0 Å². The number of aromatic nitrogens is 2. The van der Waals surface area contributed by atoms with Crippen molar-refractivity contribution in [3.8, 4) is 17.4 Å². The third-order valence-electron chi connectivity index (χ3n) is 2.80. The third kappa shape index (κ3) is 3.15. The fourth-order valence-electron chi connectivity index (χ4n) is 1.76. The molecule has 0 saturated heterocycles. The van der Waals surface area contributed by atoms with E-state index in [1.807, 2.05) is 24.3 Å². The van der Waals surface area contributed by atoms with Crippen LogP contribution in [0, 0.1) is 0 Å². The number of nitrogen functional groups attached to an aromatic ring is 1. The molecule has 6 nitrogen and oxygen atoms in total. The van der Waals surface area contributed by atoms with E-state index in [0.717, 1.165) is 10.0 Å². The van der Waals surface area contributed by atoms with Crippen LogP contribution in [0.15, 0.2) is 56.3 Å². The molecule has 0 bridgehead atoms. The zero-order valence-corrected chi connectivity index (χ0v) is 12.9. The molecule has 0 saturated carbocycles. The molecule has 3 rings (SSSR count). The number of nitrogens with zero attached hydrogens (tertiary/aromatic N) is 3. The maximum absolute atomic E-state index is 9.81. The van der Waals surface area contributed by atoms with Gasteiger partial charge in [-0.1, -0.05) is 22.0 Å². The van der Waals surface area contributed by atoms with Gasteiger partial charge >= 0.3 is 5.95 Å². The van der Waals surface area contributed by atoms with Gasteiger partial charge in [0.25, 0.3) is 0 Å². The summed E-state index contributed by atoms with van der Waals surface area (Å²) in [6.07, 6.45) is 1.38. The number of hydrogen-bond acceptors (Lipinski definition) is 6. The van der Waals surface area contributed by atoms with Crippen LogP contribution in [-0.4, -0.2) is 21.3 Å². The number of aliphatic imine (C=N–C) groups is 1. The molecule has 110 valence electrons. The molecule has 3 aromatic rings. The molecule has 0 amide bonds. The number of pyridine rings is 1. The number of rotatable bonds is 3. The summed E-state index contributed by atoms with van der Waals surface area (Å²) >= 11 is 3.36. The summed E-state index contributed by atoms with van der Waals surface area (Å²) in [6.45, 7) is 0. The van der Waals surface area contributed by atoms with E-state index in [1.54, 1.807) is 18.2 Å². The standard InChI is InChI=1S/C15H11BrN4O2/c16-10-6-4-9(5-7-10)14-19-11(15(21)22-14)8-18-13-3-1-2-12(17)20-13/h1-8,21H,(H2,17,20). The summed E-state index contributed by atoms with van der Waals surface area (Å²) in [5.74, 6) is 0.805. The van der Waals surface area contributed by atoms with Crippen LogP contribution >= 0.6 is 15.9 Å². The SMILES string of the molecule is Nc1cccc(N=Cc2nc(-c3ccc(Br)cc3)oc2O)n1. The van der Waals surface area contributed by atoms with E-state index in [2.05, 4.69) is 30.9 Å². The second-order valence-corrected chi connectivity index (χ2v) is 5.31. The van der Waals surface area contributed by atoms with Crippen LogP contribution in [0.4, 0.5) is 11.6 Å². The zero-order valence-electron chi connectivity index (χ0n) is 11.3. The van der Waals surface area contributed by atoms with Gasteiger partial charge in [0, 0.05) is 10.0 Å². The van der Waals surface area contributed by atoms with Crippen molar-refractivity contribution in [1.29, 1.82) is 0 Å². The van der Waals surface area contributed by atoms with Gasteiger partial charge in [-0.05, 0) is 36.4 Å². The molecular weight excluding hydrogens is 348 g/mol. The maximum Gasteiger partial charge on any atom is 0.312 e. The van der Waals surface area contributed by atoms with Crippen LogP contribution in [0.25, 0.3) is 11.5 Å². The van der Waals surface area contributed by atoms with Crippen LogP contribution < -0.4 is 5.73 Å². The van der Waals surface area contributed by atoms with Gasteiger partial charge in [-0.2, -0.15) is 0 Å². The van der Waals surface area contributed by atoms with Crippen molar-refractivity contribution in [2.45, 2.75) is 0 Å². The molecule has 2 aromatic heterocycles. The van der Waals surface area contributed by atoms with Crippen LogP contribution in [-0.2, 0) is 0 Å². The van der Waals surface area contributed by atoms with Gasteiger partial charge < -0.3 is 15.3 Å². The number of anilines is 1. The molecule has 0 unspecified atom stereocenters. The second kappa shape index (κ2) is 5.98. The minimum absolute atomic E-state index is 0.224. The molecule has 1 aromatic carbocycles. The largest absolute Gasteiger partial charge is 0.479 e. The number of aromatic hydroxyl groups is 1. The zero-order chi connectivity index (χ0) is 15.5. The van der Waals surface area contributed by atoms with Crippen LogP contribution in [0.3, 0.4) is 0 Å². The highest BCUT2D eigenvalue weighted by Crippen LogP contribution is 2.26. The number of nitrogens with two attached hydrogens (primary N) is 1. The molecule has 0 radical (unpaired) electrons. The Morgan fingerprint density at radius 3 is 2.64 bits per heavy atom. The molecule has 0 aliphatic heterocycles. The van der Waals surface area contributed by atoms with E-state index < -0.39 is 0 Å². The molecule has 0 spiro atoms. The Morgan fingerprint density at radius 1 is 1.14 bits per heavy atom. The van der Waals surface area contributed by atoms with Gasteiger partial charge in [0.15, 0.2) is 11.5 Å². The minimum atomic E-state index is -0.300. The van der Waals surface area contributed by atoms with Gasteiger partial charge in [-0.15, -0.1) is 0 Å². The lowest BCUT2D eigenvalue weighted by Gasteiger charge is -1.94. The lowest BCUT2D eigenvalue weighted by molar-refractivity contribution is 0.337. The molecule has 3 N–H and O–H groups in total. The molecule has 0 atom stereocenters. The first-order valence-corrected chi connectivity index (χ1v) is 7.13. The van der Waals surface area contributed by atoms with Crippen molar-refractivity contribution in [1.82, 2.24) is 9.97 Å². The lowest BCUT2D eigenvalue weighted by Crippen LogP contribution is -1.88. The van der Waals surface area contributed by atoms with Crippen molar-refractivity contribution in [3.63, 3.8) is 0 Å². The van der Waals surface area contributed by atoms with E-state index in [-0.39, 0.29) is 11.6 Å². The van der Waals surface area contributed by atoms with Gasteiger partial charge in [-0.25, -0.2) is 15.0 Å². The van der Waals surface area contributed by atoms with Gasteiger partial charge in [0.2, 0.25) is 5.89 Å². The Hall–Kier alpha value is -2.67. The smallest absolute Gasteiger partial charge is 0.312 e. The fourth-order valence-corrected chi connectivity index (χ4v) is 2.03. The highest BCUT2D eigenvalue weighted by molar-refractivity contribution is 9.10. The molecule has 7 heteroatoms. The van der Waals surface area contributed by atoms with Crippen LogP contribution in [0.1, 0.15) is 5.69 Å². The Morgan fingerprint density at radius 2 is 1.91 bits per heavy atom. The summed E-state index contributed by atoms with van der Waals surface area (Å²) in [4.78, 5) is 12.3. The average Bonchev–Trinajstić information content (AvgIpc) is 2.87. The van der Waals surface area contributed by atoms with Gasteiger partial charge in [-0.3, -0.25) is 0 Å². The second-order valence-electron chi connectivity index (χ2n) is 4.40. The molecule has 0 fully saturated rings. The predicted molar refractivity (Wildman–Crippen MR) is 87.2 cm³/mol. The Balaban J connectivity index is 1.88. The Bertz CT molecular complexity index is 828. The van der Waals surface area contributed by atoms with Crippen molar-refractivity contribution in [2.24, 2.45) is 4.99 Å². The molecule has 0 aliphatic carbocycles. The van der Waals surface area contributed by atoms with Gasteiger partial charge in [0.1, 0.15) is 5.82 Å². The van der Waals surface area contributed by atoms with Crippen molar-refractivity contribution in [3.05, 3.63) is 52.6 Å². The Kier molecular flexibility index (Phi) is 3.88. The number of benzene rings is 1. The molecule has 22 heavy (non-hydrogen) atoms. The topological polar surface area (TPSA) is 97.5 Å². The molecule has 0 aliphatic rings. The minimum Gasteiger partial charge on any atom is -0.479 e.